The van der Waals surface area contributed by atoms with Crippen molar-refractivity contribution in [1.82, 2.24) is 19.9 Å². The lowest BCUT2D eigenvalue weighted by molar-refractivity contribution is 0.102. The second-order valence-electron chi connectivity index (χ2n) is 5.51. The van der Waals surface area contributed by atoms with Gasteiger partial charge in [0.25, 0.3) is 5.91 Å². The standard InChI is InChI=1S/C16H14N6O2S2/c23-14(11-8-17-4-5-18-11)21-15-19-10-3-6-22(9-12(10)26-15)16(24)20-13-2-1-7-25-13/h1-2,4-5,7-8H,3,6,9H2,(H,20,24)(H,19,21,23). The molecule has 0 fully saturated rings. The summed E-state index contributed by atoms with van der Waals surface area (Å²) in [5, 5.41) is 8.88. The van der Waals surface area contributed by atoms with E-state index in [0.29, 0.717) is 24.6 Å². The van der Waals surface area contributed by atoms with Crippen LogP contribution < -0.4 is 10.6 Å². The van der Waals surface area contributed by atoms with Crippen molar-refractivity contribution in [3.8, 4) is 0 Å². The molecular formula is C16H14N6O2S2. The number of anilines is 2. The summed E-state index contributed by atoms with van der Waals surface area (Å²) in [6.45, 7) is 1.07. The Morgan fingerprint density at radius 1 is 1.23 bits per heavy atom. The molecule has 3 aromatic heterocycles. The van der Waals surface area contributed by atoms with Gasteiger partial charge in [0.15, 0.2) is 5.13 Å². The number of thiazole rings is 1. The number of rotatable bonds is 3. The van der Waals surface area contributed by atoms with Crippen molar-refractivity contribution in [3.05, 3.63) is 52.4 Å². The van der Waals surface area contributed by atoms with Crippen LogP contribution >= 0.6 is 22.7 Å². The van der Waals surface area contributed by atoms with Gasteiger partial charge in [-0.05, 0) is 17.5 Å². The Labute approximate surface area is 156 Å². The molecule has 0 saturated heterocycles. The Balaban J connectivity index is 1.42. The van der Waals surface area contributed by atoms with E-state index in [0.717, 1.165) is 15.6 Å². The maximum atomic E-state index is 12.4. The van der Waals surface area contributed by atoms with Crippen molar-refractivity contribution in [2.45, 2.75) is 13.0 Å². The zero-order valence-electron chi connectivity index (χ0n) is 13.5. The quantitative estimate of drug-likeness (QED) is 0.721. The van der Waals surface area contributed by atoms with Gasteiger partial charge in [0.2, 0.25) is 0 Å². The molecule has 0 unspecified atom stereocenters. The summed E-state index contributed by atoms with van der Waals surface area (Å²) in [6, 6.07) is 3.63. The van der Waals surface area contributed by atoms with Crippen molar-refractivity contribution in [2.24, 2.45) is 0 Å². The molecule has 0 spiro atoms. The molecule has 2 N–H and O–H groups in total. The minimum atomic E-state index is -0.350. The summed E-state index contributed by atoms with van der Waals surface area (Å²) < 4.78 is 0. The third-order valence-corrected chi connectivity index (χ3v) is 5.57. The highest BCUT2D eigenvalue weighted by molar-refractivity contribution is 7.16. The number of hydrogen-bond donors (Lipinski definition) is 2. The lowest BCUT2D eigenvalue weighted by atomic mass is 10.2. The van der Waals surface area contributed by atoms with Crippen LogP contribution in [0.2, 0.25) is 0 Å². The first-order chi connectivity index (χ1) is 12.7. The summed E-state index contributed by atoms with van der Waals surface area (Å²) >= 11 is 2.86. The van der Waals surface area contributed by atoms with Gasteiger partial charge in [-0.1, -0.05) is 11.3 Å². The molecule has 1 aliphatic rings. The molecule has 0 bridgehead atoms. The topological polar surface area (TPSA) is 100 Å². The van der Waals surface area contributed by atoms with Crippen LogP contribution in [0.1, 0.15) is 21.1 Å². The van der Waals surface area contributed by atoms with Crippen LogP contribution in [-0.2, 0) is 13.0 Å². The summed E-state index contributed by atoms with van der Waals surface area (Å²) in [6.07, 6.45) is 5.03. The van der Waals surface area contributed by atoms with Crippen LogP contribution in [0, 0.1) is 0 Å². The van der Waals surface area contributed by atoms with Gasteiger partial charge in [0, 0.05) is 30.2 Å². The smallest absolute Gasteiger partial charge is 0.319 e. The fraction of sp³-hybridized carbons (Fsp3) is 0.188. The molecule has 8 nitrogen and oxygen atoms in total. The molecule has 0 atom stereocenters. The molecule has 4 heterocycles. The number of carbonyl (C=O) groups excluding carboxylic acids is 2. The molecule has 26 heavy (non-hydrogen) atoms. The Bertz CT molecular complexity index is 926. The third kappa shape index (κ3) is 3.55. The third-order valence-electron chi connectivity index (χ3n) is 3.79. The normalized spacial score (nSPS) is 13.2. The maximum Gasteiger partial charge on any atom is 0.322 e. The highest BCUT2D eigenvalue weighted by atomic mass is 32.1. The number of fused-ring (bicyclic) bond motifs is 1. The summed E-state index contributed by atoms with van der Waals surface area (Å²) in [4.78, 5) is 39.6. The summed E-state index contributed by atoms with van der Waals surface area (Å²) in [5.74, 6) is -0.350. The van der Waals surface area contributed by atoms with Crippen molar-refractivity contribution in [3.63, 3.8) is 0 Å². The number of carbonyl (C=O) groups is 2. The second-order valence-corrected chi connectivity index (χ2v) is 7.54. The first-order valence-electron chi connectivity index (χ1n) is 7.84. The number of nitrogens with zero attached hydrogens (tertiary/aromatic N) is 4. The fourth-order valence-electron chi connectivity index (χ4n) is 2.53. The van der Waals surface area contributed by atoms with E-state index in [-0.39, 0.29) is 17.6 Å². The molecule has 10 heteroatoms. The lowest BCUT2D eigenvalue weighted by Gasteiger charge is -2.25. The molecular weight excluding hydrogens is 372 g/mol. The summed E-state index contributed by atoms with van der Waals surface area (Å²) in [5.41, 5.74) is 1.15. The fourth-order valence-corrected chi connectivity index (χ4v) is 4.16. The number of nitrogens with one attached hydrogen (secondary N) is 2. The van der Waals surface area contributed by atoms with E-state index in [1.807, 2.05) is 17.5 Å². The van der Waals surface area contributed by atoms with Gasteiger partial charge < -0.3 is 4.90 Å². The molecule has 1 aliphatic heterocycles. The highest BCUT2D eigenvalue weighted by Crippen LogP contribution is 2.29. The van der Waals surface area contributed by atoms with E-state index in [2.05, 4.69) is 25.6 Å². The first kappa shape index (κ1) is 16.6. The van der Waals surface area contributed by atoms with Gasteiger partial charge >= 0.3 is 6.03 Å². The Hall–Kier alpha value is -2.85. The average Bonchev–Trinajstić information content (AvgIpc) is 3.30. The highest BCUT2D eigenvalue weighted by Gasteiger charge is 2.25. The Kier molecular flexibility index (Phi) is 4.59. The SMILES string of the molecule is O=C(Nc1nc2c(s1)CN(C(=O)Nc1cccs1)CC2)c1cnccn1. The molecule has 4 rings (SSSR count). The van der Waals surface area contributed by atoms with Crippen LogP contribution in [0.3, 0.4) is 0 Å². The molecule has 0 saturated carbocycles. The zero-order valence-corrected chi connectivity index (χ0v) is 15.1. The van der Waals surface area contributed by atoms with Crippen LogP contribution in [0.5, 0.6) is 0 Å². The number of aromatic nitrogens is 3. The lowest BCUT2D eigenvalue weighted by Crippen LogP contribution is -2.38. The number of thiophene rings is 1. The maximum absolute atomic E-state index is 12.4. The molecule has 0 aromatic carbocycles. The minimum Gasteiger partial charge on any atom is -0.319 e. The Morgan fingerprint density at radius 2 is 2.15 bits per heavy atom. The molecule has 3 amide bonds. The second kappa shape index (κ2) is 7.18. The van der Waals surface area contributed by atoms with E-state index in [1.54, 1.807) is 4.90 Å². The van der Waals surface area contributed by atoms with Gasteiger partial charge in [0.1, 0.15) is 5.69 Å². The van der Waals surface area contributed by atoms with Crippen molar-refractivity contribution < 1.29 is 9.59 Å². The first-order valence-corrected chi connectivity index (χ1v) is 9.54. The van der Waals surface area contributed by atoms with E-state index >= 15 is 0 Å². The van der Waals surface area contributed by atoms with Gasteiger partial charge in [-0.3, -0.25) is 20.4 Å². The molecule has 0 radical (unpaired) electrons. The minimum absolute atomic E-state index is 0.128. The van der Waals surface area contributed by atoms with Crippen LogP contribution in [0.15, 0.2) is 36.1 Å². The molecule has 0 aliphatic carbocycles. The largest absolute Gasteiger partial charge is 0.322 e. The number of hydrogen-bond acceptors (Lipinski definition) is 7. The van der Waals surface area contributed by atoms with E-state index < -0.39 is 0 Å². The summed E-state index contributed by atoms with van der Waals surface area (Å²) in [7, 11) is 0. The van der Waals surface area contributed by atoms with E-state index in [1.165, 1.54) is 41.3 Å². The molecule has 3 aromatic rings. The van der Waals surface area contributed by atoms with Gasteiger partial charge in [0.05, 0.1) is 23.4 Å². The predicted octanol–water partition coefficient (Wildman–Crippen LogP) is 2.84. The van der Waals surface area contributed by atoms with E-state index in [9.17, 15) is 9.59 Å². The van der Waals surface area contributed by atoms with Crippen molar-refractivity contribution in [1.29, 1.82) is 0 Å². The van der Waals surface area contributed by atoms with Crippen LogP contribution in [0.25, 0.3) is 0 Å². The average molecular weight is 386 g/mol. The zero-order chi connectivity index (χ0) is 17.9. The predicted molar refractivity (Wildman–Crippen MR) is 99.6 cm³/mol. The van der Waals surface area contributed by atoms with Gasteiger partial charge in [-0.15, -0.1) is 11.3 Å². The van der Waals surface area contributed by atoms with Crippen molar-refractivity contribution >= 4 is 44.7 Å². The van der Waals surface area contributed by atoms with Crippen LogP contribution in [0.4, 0.5) is 14.9 Å². The van der Waals surface area contributed by atoms with Crippen molar-refractivity contribution in [2.75, 3.05) is 17.2 Å². The Morgan fingerprint density at radius 3 is 2.92 bits per heavy atom. The number of amides is 3. The van der Waals surface area contributed by atoms with Crippen LogP contribution in [-0.4, -0.2) is 38.3 Å². The van der Waals surface area contributed by atoms with E-state index in [4.69, 9.17) is 0 Å². The van der Waals surface area contributed by atoms with Gasteiger partial charge in [-0.25, -0.2) is 14.8 Å². The molecule has 132 valence electrons. The van der Waals surface area contributed by atoms with Gasteiger partial charge in [-0.2, -0.15) is 0 Å². The monoisotopic (exact) mass is 386 g/mol. The number of urea groups is 1.